The molecule has 0 aromatic heterocycles. The molecule has 0 atom stereocenters. The van der Waals surface area contributed by atoms with E-state index in [-0.39, 0.29) is 0 Å². The number of aliphatic imine (C=N–C) groups is 1. The van der Waals surface area contributed by atoms with Crippen LogP contribution in [0.3, 0.4) is 0 Å². The van der Waals surface area contributed by atoms with Crippen molar-refractivity contribution in [2.45, 2.75) is 98.3 Å². The molecule has 0 radical (unpaired) electrons. The third-order valence-electron chi connectivity index (χ3n) is 5.25. The molecule has 0 aliphatic heterocycles. The van der Waals surface area contributed by atoms with Gasteiger partial charge in [-0.1, -0.05) is 108 Å². The lowest BCUT2D eigenvalue weighted by atomic mass is 9.87. The fraction of sp³-hybridized carbons (Fsp3) is 0.500. The Balaban J connectivity index is 0.000000954. The summed E-state index contributed by atoms with van der Waals surface area (Å²) in [5.41, 5.74) is 5.91. The van der Waals surface area contributed by atoms with Crippen molar-refractivity contribution in [2.75, 3.05) is 0 Å². The van der Waals surface area contributed by atoms with Gasteiger partial charge in [-0.25, -0.2) is 0 Å². The average molecular weight is 422 g/mol. The first-order chi connectivity index (χ1) is 15.0. The molecule has 0 bridgehead atoms. The summed E-state index contributed by atoms with van der Waals surface area (Å²) in [5, 5.41) is 0. The molecule has 1 nitrogen and oxygen atoms in total. The van der Waals surface area contributed by atoms with E-state index in [9.17, 15) is 0 Å². The van der Waals surface area contributed by atoms with Gasteiger partial charge in [0.25, 0.3) is 0 Å². The molecule has 0 spiro atoms. The summed E-state index contributed by atoms with van der Waals surface area (Å²) in [5.74, 6) is 0. The predicted octanol–water partition coefficient (Wildman–Crippen LogP) is 10.0. The zero-order valence-electron chi connectivity index (χ0n) is 20.9. The van der Waals surface area contributed by atoms with Crippen LogP contribution in [0.5, 0.6) is 0 Å². The van der Waals surface area contributed by atoms with Gasteiger partial charge in [0.05, 0.1) is 0 Å². The van der Waals surface area contributed by atoms with Gasteiger partial charge in [0.1, 0.15) is 0 Å². The highest BCUT2D eigenvalue weighted by molar-refractivity contribution is 6.03. The molecule has 1 aliphatic rings. The summed E-state index contributed by atoms with van der Waals surface area (Å²) >= 11 is 0. The lowest BCUT2D eigenvalue weighted by Gasteiger charge is -2.18. The van der Waals surface area contributed by atoms with Crippen molar-refractivity contribution in [2.24, 2.45) is 4.99 Å². The minimum absolute atomic E-state index is 0.996. The quantitative estimate of drug-likeness (QED) is 0.150. The monoisotopic (exact) mass is 421 g/mol. The van der Waals surface area contributed by atoms with E-state index in [0.29, 0.717) is 0 Å². The maximum atomic E-state index is 4.49. The second-order valence-corrected chi connectivity index (χ2v) is 8.13. The summed E-state index contributed by atoms with van der Waals surface area (Å²) in [6.45, 7) is 20.6. The van der Waals surface area contributed by atoms with Crippen LogP contribution in [0.15, 0.2) is 89.7 Å². The minimum Gasteiger partial charge on any atom is -0.261 e. The molecule has 0 unspecified atom stereocenters. The SMILES string of the molecule is C=C/C=C\N=C(C)C1=CCCC=C1C(=C)CCCC(=C)/C=C\C.CCCCCCCC. The minimum atomic E-state index is 0.996. The lowest BCUT2D eigenvalue weighted by Crippen LogP contribution is -2.06. The number of unbranched alkanes of at least 4 members (excludes halogenated alkanes) is 5. The second-order valence-electron chi connectivity index (χ2n) is 8.13. The lowest BCUT2D eigenvalue weighted by molar-refractivity contribution is 0.624. The first-order valence-corrected chi connectivity index (χ1v) is 12.2. The van der Waals surface area contributed by atoms with Crippen LogP contribution in [0.25, 0.3) is 0 Å². The smallest absolute Gasteiger partial charge is 0.0447 e. The summed E-state index contributed by atoms with van der Waals surface area (Å²) in [7, 11) is 0. The van der Waals surface area contributed by atoms with Gasteiger partial charge in [0.2, 0.25) is 0 Å². The van der Waals surface area contributed by atoms with Gasteiger partial charge in [0.15, 0.2) is 0 Å². The fourth-order valence-electron chi connectivity index (χ4n) is 3.47. The van der Waals surface area contributed by atoms with Crippen molar-refractivity contribution in [1.29, 1.82) is 0 Å². The number of hydrogen-bond acceptors (Lipinski definition) is 1. The van der Waals surface area contributed by atoms with E-state index in [1.54, 1.807) is 12.3 Å². The molecule has 31 heavy (non-hydrogen) atoms. The third-order valence-corrected chi connectivity index (χ3v) is 5.25. The molecule has 0 aromatic carbocycles. The van der Waals surface area contributed by atoms with E-state index >= 15 is 0 Å². The predicted molar refractivity (Wildman–Crippen MR) is 144 cm³/mol. The topological polar surface area (TPSA) is 12.4 Å². The van der Waals surface area contributed by atoms with Gasteiger partial charge in [0, 0.05) is 11.9 Å². The van der Waals surface area contributed by atoms with Gasteiger partial charge in [-0.2, -0.15) is 0 Å². The van der Waals surface area contributed by atoms with Gasteiger partial charge in [-0.3, -0.25) is 4.99 Å². The number of rotatable bonds is 14. The Morgan fingerprint density at radius 1 is 0.935 bits per heavy atom. The van der Waals surface area contributed by atoms with Crippen LogP contribution in [0, 0.1) is 0 Å². The molecule has 0 heterocycles. The molecular weight excluding hydrogens is 374 g/mol. The standard InChI is InChI=1S/C22H29N.C8H18/c1-6-8-17-23-20(5)22-16-10-9-15-21(22)19(4)14-11-13-18(3)12-7-2;1-3-5-7-8-6-4-2/h6-8,12,15-17H,1,3-4,9-11,13-14H2,2,5H3;3-8H2,1-2H3/b12-7-,17-8-,23-20?;. The molecule has 0 saturated carbocycles. The van der Waals surface area contributed by atoms with Crippen LogP contribution in [0.2, 0.25) is 0 Å². The van der Waals surface area contributed by atoms with Crippen LogP contribution in [-0.4, -0.2) is 5.71 Å². The zero-order chi connectivity index (χ0) is 23.3. The number of hydrogen-bond donors (Lipinski definition) is 0. The highest BCUT2D eigenvalue weighted by Gasteiger charge is 2.14. The molecule has 0 saturated heterocycles. The van der Waals surface area contributed by atoms with Gasteiger partial charge in [-0.05, 0) is 68.7 Å². The van der Waals surface area contributed by atoms with Crippen LogP contribution in [0.4, 0.5) is 0 Å². The van der Waals surface area contributed by atoms with E-state index in [0.717, 1.165) is 37.8 Å². The van der Waals surface area contributed by atoms with Crippen LogP contribution in [-0.2, 0) is 0 Å². The Hall–Kier alpha value is -2.15. The van der Waals surface area contributed by atoms with Crippen LogP contribution in [0.1, 0.15) is 98.3 Å². The number of nitrogens with zero attached hydrogens (tertiary/aromatic N) is 1. The maximum Gasteiger partial charge on any atom is 0.0447 e. The molecule has 0 fully saturated rings. The Morgan fingerprint density at radius 2 is 1.55 bits per heavy atom. The largest absolute Gasteiger partial charge is 0.261 e. The highest BCUT2D eigenvalue weighted by atomic mass is 14.7. The summed E-state index contributed by atoms with van der Waals surface area (Å²) in [6.07, 6.45) is 27.8. The van der Waals surface area contributed by atoms with Gasteiger partial charge < -0.3 is 0 Å². The van der Waals surface area contributed by atoms with Crippen molar-refractivity contribution >= 4 is 5.71 Å². The van der Waals surface area contributed by atoms with E-state index in [4.69, 9.17) is 0 Å². The number of allylic oxidation sites excluding steroid dienone is 10. The summed E-state index contributed by atoms with van der Waals surface area (Å²) < 4.78 is 0. The van der Waals surface area contributed by atoms with E-state index in [1.807, 2.05) is 19.1 Å². The third kappa shape index (κ3) is 14.5. The Morgan fingerprint density at radius 3 is 2.10 bits per heavy atom. The molecule has 1 heteroatoms. The molecule has 1 aliphatic carbocycles. The second kappa shape index (κ2) is 19.8. The van der Waals surface area contributed by atoms with Crippen molar-refractivity contribution < 1.29 is 0 Å². The van der Waals surface area contributed by atoms with Crippen molar-refractivity contribution in [1.82, 2.24) is 0 Å². The Bertz CT molecular complexity index is 673. The zero-order valence-corrected chi connectivity index (χ0v) is 20.9. The Kier molecular flexibility index (Phi) is 18.4. The molecular formula is C30H47N. The van der Waals surface area contributed by atoms with E-state index in [1.165, 1.54) is 60.8 Å². The Labute approximate surface area is 193 Å². The first-order valence-electron chi connectivity index (χ1n) is 12.2. The van der Waals surface area contributed by atoms with Gasteiger partial charge in [-0.15, -0.1) is 0 Å². The van der Waals surface area contributed by atoms with Crippen LogP contribution >= 0.6 is 0 Å². The first kappa shape index (κ1) is 28.9. The molecule has 0 amide bonds. The van der Waals surface area contributed by atoms with Crippen LogP contribution < -0.4 is 0 Å². The van der Waals surface area contributed by atoms with Gasteiger partial charge >= 0.3 is 0 Å². The molecule has 172 valence electrons. The van der Waals surface area contributed by atoms with Crippen molar-refractivity contribution in [3.8, 4) is 0 Å². The maximum absolute atomic E-state index is 4.49. The van der Waals surface area contributed by atoms with E-state index in [2.05, 4.69) is 63.7 Å². The average Bonchev–Trinajstić information content (AvgIpc) is 2.77. The normalized spacial score (nSPS) is 14.1. The molecule has 1 rings (SSSR count). The molecule has 0 N–H and O–H groups in total. The van der Waals surface area contributed by atoms with Crippen molar-refractivity contribution in [3.05, 3.63) is 84.7 Å². The van der Waals surface area contributed by atoms with E-state index < -0.39 is 0 Å². The molecule has 0 aromatic rings. The highest BCUT2D eigenvalue weighted by Crippen LogP contribution is 2.29. The summed E-state index contributed by atoms with van der Waals surface area (Å²) in [6, 6.07) is 0. The summed E-state index contributed by atoms with van der Waals surface area (Å²) in [4.78, 5) is 4.49. The fourth-order valence-corrected chi connectivity index (χ4v) is 3.47. The van der Waals surface area contributed by atoms with Crippen molar-refractivity contribution in [3.63, 3.8) is 0 Å².